The molecule has 0 aliphatic rings. The molecule has 0 N–H and O–H groups in total. The van der Waals surface area contributed by atoms with Gasteiger partial charge in [-0.3, -0.25) is 0 Å². The van der Waals surface area contributed by atoms with Gasteiger partial charge in [0.05, 0.1) is 11.0 Å². The Kier molecular flexibility index (Phi) is 3.80. The lowest BCUT2D eigenvalue weighted by atomic mass is 10.00. The van der Waals surface area contributed by atoms with Crippen molar-refractivity contribution in [1.29, 1.82) is 0 Å². The average molecular weight is 424 g/mol. The topological polar surface area (TPSA) is 18.1 Å². The molecule has 0 unspecified atom stereocenters. The van der Waals surface area contributed by atoms with Gasteiger partial charge in [0.2, 0.25) is 0 Å². The second-order valence-electron chi connectivity index (χ2n) is 8.65. The molecule has 7 rings (SSSR count). The highest BCUT2D eigenvalue weighted by Crippen LogP contribution is 2.39. The lowest BCUT2D eigenvalue weighted by Gasteiger charge is -2.09. The predicted molar refractivity (Wildman–Crippen MR) is 138 cm³/mol. The number of hydrogen-bond acceptors (Lipinski definition) is 1. The van der Waals surface area contributed by atoms with Crippen molar-refractivity contribution in [3.63, 3.8) is 0 Å². The van der Waals surface area contributed by atoms with Crippen molar-refractivity contribution < 1.29 is 4.42 Å². The largest absolute Gasteiger partial charge is 0.455 e. The molecule has 0 aliphatic heterocycles. The first-order chi connectivity index (χ1) is 16.3. The number of para-hydroxylation sites is 4. The third-order valence-corrected chi connectivity index (χ3v) is 6.72. The number of aryl methyl sites for hydroxylation is 1. The Bertz CT molecular complexity index is 1820. The zero-order valence-electron chi connectivity index (χ0n) is 18.2. The molecule has 2 heteroatoms. The van der Waals surface area contributed by atoms with E-state index in [-0.39, 0.29) is 0 Å². The molecular formula is C31H21NO. The van der Waals surface area contributed by atoms with E-state index in [4.69, 9.17) is 4.42 Å². The fourth-order valence-electron chi connectivity index (χ4n) is 5.23. The Morgan fingerprint density at radius 3 is 2.27 bits per heavy atom. The summed E-state index contributed by atoms with van der Waals surface area (Å²) < 4.78 is 8.71. The third-order valence-electron chi connectivity index (χ3n) is 6.72. The van der Waals surface area contributed by atoms with E-state index in [1.54, 1.807) is 0 Å². The zero-order valence-corrected chi connectivity index (χ0v) is 18.2. The van der Waals surface area contributed by atoms with Crippen LogP contribution in [0, 0.1) is 6.92 Å². The highest BCUT2D eigenvalue weighted by atomic mass is 16.3. The summed E-state index contributed by atoms with van der Waals surface area (Å²) in [6.07, 6.45) is 0. The second kappa shape index (κ2) is 6.85. The van der Waals surface area contributed by atoms with Crippen LogP contribution in [0.2, 0.25) is 0 Å². The minimum atomic E-state index is 0.928. The van der Waals surface area contributed by atoms with Crippen molar-refractivity contribution in [1.82, 2.24) is 4.57 Å². The highest BCUT2D eigenvalue weighted by molar-refractivity contribution is 6.13. The molecule has 0 saturated heterocycles. The molecule has 2 aromatic heterocycles. The van der Waals surface area contributed by atoms with Crippen LogP contribution in [0.4, 0.5) is 0 Å². The maximum absolute atomic E-state index is 6.33. The van der Waals surface area contributed by atoms with Crippen molar-refractivity contribution >= 4 is 43.7 Å². The van der Waals surface area contributed by atoms with E-state index in [2.05, 4.69) is 109 Å². The maximum atomic E-state index is 6.33. The number of furan rings is 1. The van der Waals surface area contributed by atoms with Crippen molar-refractivity contribution in [2.24, 2.45) is 0 Å². The van der Waals surface area contributed by atoms with Gasteiger partial charge in [-0.25, -0.2) is 0 Å². The molecule has 7 aromatic rings. The Hall–Kier alpha value is -4.30. The summed E-state index contributed by atoms with van der Waals surface area (Å²) in [5.74, 6) is 0. The van der Waals surface area contributed by atoms with E-state index in [0.29, 0.717) is 0 Å². The minimum Gasteiger partial charge on any atom is -0.455 e. The van der Waals surface area contributed by atoms with Gasteiger partial charge in [0.25, 0.3) is 0 Å². The van der Waals surface area contributed by atoms with E-state index in [9.17, 15) is 0 Å². The van der Waals surface area contributed by atoms with Gasteiger partial charge in [0, 0.05) is 32.8 Å². The zero-order chi connectivity index (χ0) is 21.9. The molecule has 0 atom stereocenters. The molecule has 2 nitrogen and oxygen atoms in total. The first kappa shape index (κ1) is 18.3. The molecule has 0 saturated carbocycles. The molecule has 0 spiro atoms. The van der Waals surface area contributed by atoms with Gasteiger partial charge in [-0.2, -0.15) is 0 Å². The van der Waals surface area contributed by atoms with Crippen LogP contribution in [-0.4, -0.2) is 4.57 Å². The van der Waals surface area contributed by atoms with Crippen LogP contribution in [0.3, 0.4) is 0 Å². The van der Waals surface area contributed by atoms with Crippen LogP contribution in [-0.2, 0) is 0 Å². The highest BCUT2D eigenvalue weighted by Gasteiger charge is 2.16. The van der Waals surface area contributed by atoms with E-state index >= 15 is 0 Å². The summed E-state index contributed by atoms with van der Waals surface area (Å²) in [5.41, 5.74) is 9.09. The number of fused-ring (bicyclic) bond motifs is 6. The Morgan fingerprint density at radius 1 is 0.606 bits per heavy atom. The van der Waals surface area contributed by atoms with Crippen LogP contribution >= 0.6 is 0 Å². The first-order valence-corrected chi connectivity index (χ1v) is 11.3. The van der Waals surface area contributed by atoms with Gasteiger partial charge >= 0.3 is 0 Å². The van der Waals surface area contributed by atoms with E-state index in [1.165, 1.54) is 38.6 Å². The van der Waals surface area contributed by atoms with Crippen LogP contribution in [0.15, 0.2) is 114 Å². The number of nitrogens with zero attached hydrogens (tertiary/aromatic N) is 1. The Balaban J connectivity index is 1.55. The lowest BCUT2D eigenvalue weighted by molar-refractivity contribution is 0.670. The quantitative estimate of drug-likeness (QED) is 0.272. The molecule has 0 radical (unpaired) electrons. The summed E-state index contributed by atoms with van der Waals surface area (Å²) in [5, 5.41) is 4.84. The predicted octanol–water partition coefficient (Wildman–Crippen LogP) is 8.66. The van der Waals surface area contributed by atoms with E-state index in [0.717, 1.165) is 27.5 Å². The lowest BCUT2D eigenvalue weighted by Crippen LogP contribution is -1.94. The van der Waals surface area contributed by atoms with Crippen molar-refractivity contribution in [3.8, 4) is 16.8 Å². The van der Waals surface area contributed by atoms with E-state index < -0.39 is 0 Å². The van der Waals surface area contributed by atoms with Gasteiger partial charge in [0.1, 0.15) is 11.2 Å². The van der Waals surface area contributed by atoms with Crippen LogP contribution in [0.1, 0.15) is 5.56 Å². The van der Waals surface area contributed by atoms with Gasteiger partial charge in [-0.1, -0.05) is 78.9 Å². The van der Waals surface area contributed by atoms with Crippen molar-refractivity contribution in [2.75, 3.05) is 0 Å². The Morgan fingerprint density at radius 2 is 1.36 bits per heavy atom. The fourth-order valence-corrected chi connectivity index (χ4v) is 5.23. The van der Waals surface area contributed by atoms with E-state index in [1.807, 2.05) is 12.1 Å². The molecule has 156 valence electrons. The number of rotatable bonds is 2. The number of hydrogen-bond donors (Lipinski definition) is 0. The summed E-state index contributed by atoms with van der Waals surface area (Å²) >= 11 is 0. The van der Waals surface area contributed by atoms with Crippen LogP contribution < -0.4 is 0 Å². The van der Waals surface area contributed by atoms with Crippen LogP contribution in [0.5, 0.6) is 0 Å². The molecule has 5 aromatic carbocycles. The standard InChI is InChI=1S/C31H21NO/c1-20-9-7-14-25-27-19-21(17-18-28(27)32(30(20)25)22-10-3-2-4-11-22)23-13-8-15-26-24-12-5-6-16-29(24)33-31(23)26/h2-19H,1H3. The van der Waals surface area contributed by atoms with Gasteiger partial charge < -0.3 is 8.98 Å². The molecule has 0 fully saturated rings. The second-order valence-corrected chi connectivity index (χ2v) is 8.65. The van der Waals surface area contributed by atoms with Gasteiger partial charge in [-0.05, 0) is 48.4 Å². The monoisotopic (exact) mass is 423 g/mol. The van der Waals surface area contributed by atoms with Gasteiger partial charge in [-0.15, -0.1) is 0 Å². The molecule has 2 heterocycles. The molecular weight excluding hydrogens is 402 g/mol. The average Bonchev–Trinajstić information content (AvgIpc) is 3.41. The first-order valence-electron chi connectivity index (χ1n) is 11.3. The summed E-state index contributed by atoms with van der Waals surface area (Å²) in [7, 11) is 0. The minimum absolute atomic E-state index is 0.928. The number of benzene rings is 5. The molecule has 0 amide bonds. The number of aromatic nitrogens is 1. The molecule has 33 heavy (non-hydrogen) atoms. The molecule has 0 aliphatic carbocycles. The molecule has 0 bridgehead atoms. The maximum Gasteiger partial charge on any atom is 0.143 e. The summed E-state index contributed by atoms with van der Waals surface area (Å²) in [4.78, 5) is 0. The Labute approximate surface area is 191 Å². The smallest absolute Gasteiger partial charge is 0.143 e. The third kappa shape index (κ3) is 2.61. The SMILES string of the molecule is Cc1cccc2c3cc(-c4cccc5c4oc4ccccc45)ccc3n(-c3ccccc3)c12. The normalized spacial score (nSPS) is 11.8. The summed E-state index contributed by atoms with van der Waals surface area (Å²) in [6, 6.07) is 38.7. The van der Waals surface area contributed by atoms with Crippen molar-refractivity contribution in [2.45, 2.75) is 6.92 Å². The fraction of sp³-hybridized carbons (Fsp3) is 0.0323. The summed E-state index contributed by atoms with van der Waals surface area (Å²) in [6.45, 7) is 2.19. The van der Waals surface area contributed by atoms with Gasteiger partial charge in [0.15, 0.2) is 0 Å². The van der Waals surface area contributed by atoms with Crippen molar-refractivity contribution in [3.05, 3.63) is 115 Å². The van der Waals surface area contributed by atoms with Crippen LogP contribution in [0.25, 0.3) is 60.6 Å².